The van der Waals surface area contributed by atoms with Crippen molar-refractivity contribution in [2.45, 2.75) is 24.6 Å². The predicted molar refractivity (Wildman–Crippen MR) is 64.3 cm³/mol. The summed E-state index contributed by atoms with van der Waals surface area (Å²) in [6.07, 6.45) is 3.06. The second-order valence-corrected chi connectivity index (χ2v) is 4.65. The highest BCUT2D eigenvalue weighted by atomic mass is 35.5. The molecule has 1 rings (SSSR count). The molecular weight excluding hydrogens is 220 g/mol. The Kier molecular flexibility index (Phi) is 6.57. The Bertz CT molecular complexity index is 186. The molecule has 1 fully saturated rings. The normalized spacial score (nSPS) is 22.6. The Morgan fingerprint density at radius 3 is 2.71 bits per heavy atom. The molecule has 0 spiro atoms. The Morgan fingerprint density at radius 1 is 1.64 bits per heavy atom. The van der Waals surface area contributed by atoms with Crippen LogP contribution in [-0.4, -0.2) is 48.5 Å². The fraction of sp³-hybridized carbons (Fsp3) is 0.889. The maximum atomic E-state index is 11.7. The van der Waals surface area contributed by atoms with Crippen molar-refractivity contribution in [2.24, 2.45) is 0 Å². The molecule has 2 unspecified atom stereocenters. The van der Waals surface area contributed by atoms with Gasteiger partial charge in [-0.25, -0.2) is 0 Å². The molecule has 0 aliphatic carbocycles. The summed E-state index contributed by atoms with van der Waals surface area (Å²) < 4.78 is 0. The van der Waals surface area contributed by atoms with Gasteiger partial charge >= 0.3 is 0 Å². The van der Waals surface area contributed by atoms with Crippen LogP contribution in [0.5, 0.6) is 0 Å². The number of hydrogen-bond donors (Lipinski definition) is 1. The zero-order valence-corrected chi connectivity index (χ0v) is 10.6. The SMILES string of the molecule is CSC(C)C(=O)N(C)C1CCNC1.Cl. The molecule has 1 heterocycles. The lowest BCUT2D eigenvalue weighted by Crippen LogP contribution is -2.42. The largest absolute Gasteiger partial charge is 0.340 e. The van der Waals surface area contributed by atoms with E-state index in [1.165, 1.54) is 0 Å². The van der Waals surface area contributed by atoms with Crippen LogP contribution in [-0.2, 0) is 4.79 Å². The molecule has 1 aliphatic heterocycles. The van der Waals surface area contributed by atoms with E-state index in [1.807, 2.05) is 25.1 Å². The molecule has 0 aromatic rings. The first-order valence-corrected chi connectivity index (χ1v) is 5.95. The van der Waals surface area contributed by atoms with E-state index in [-0.39, 0.29) is 23.6 Å². The van der Waals surface area contributed by atoms with Crippen LogP contribution in [0.3, 0.4) is 0 Å². The van der Waals surface area contributed by atoms with Crippen LogP contribution in [0.1, 0.15) is 13.3 Å². The number of halogens is 1. The zero-order valence-electron chi connectivity index (χ0n) is 8.95. The van der Waals surface area contributed by atoms with Crippen molar-refractivity contribution in [1.29, 1.82) is 0 Å². The van der Waals surface area contributed by atoms with Crippen LogP contribution < -0.4 is 5.32 Å². The standard InChI is InChI=1S/C9H18N2OS.ClH/c1-7(13-3)9(12)11(2)8-4-5-10-6-8;/h7-8,10H,4-6H2,1-3H3;1H. The fourth-order valence-electron chi connectivity index (χ4n) is 1.54. The maximum Gasteiger partial charge on any atom is 0.235 e. The number of thioether (sulfide) groups is 1. The van der Waals surface area contributed by atoms with Crippen LogP contribution in [0, 0.1) is 0 Å². The summed E-state index contributed by atoms with van der Waals surface area (Å²) >= 11 is 1.61. The molecule has 84 valence electrons. The molecular formula is C9H19ClN2OS. The third-order valence-electron chi connectivity index (χ3n) is 2.63. The topological polar surface area (TPSA) is 32.3 Å². The second kappa shape index (κ2) is 6.53. The van der Waals surface area contributed by atoms with Crippen LogP contribution in [0.25, 0.3) is 0 Å². The summed E-state index contributed by atoms with van der Waals surface area (Å²) in [6, 6.07) is 0.405. The van der Waals surface area contributed by atoms with E-state index in [9.17, 15) is 4.79 Å². The first-order valence-electron chi connectivity index (χ1n) is 4.67. The first-order chi connectivity index (χ1) is 6.16. The minimum Gasteiger partial charge on any atom is -0.340 e. The quantitative estimate of drug-likeness (QED) is 0.796. The summed E-state index contributed by atoms with van der Waals surface area (Å²) in [5.41, 5.74) is 0. The van der Waals surface area contributed by atoms with Gasteiger partial charge in [0.2, 0.25) is 5.91 Å². The number of likely N-dealkylation sites (N-methyl/N-ethyl adjacent to an activating group) is 1. The van der Waals surface area contributed by atoms with Gasteiger partial charge in [-0.05, 0) is 26.1 Å². The molecule has 0 aromatic heterocycles. The molecule has 1 aliphatic rings. The molecule has 0 aromatic carbocycles. The molecule has 1 saturated heterocycles. The van der Waals surface area contributed by atoms with Crippen molar-refractivity contribution in [2.75, 3.05) is 26.4 Å². The Hall–Kier alpha value is 0.0700. The number of carbonyl (C=O) groups is 1. The highest BCUT2D eigenvalue weighted by molar-refractivity contribution is 7.99. The van der Waals surface area contributed by atoms with Crippen molar-refractivity contribution in [3.05, 3.63) is 0 Å². The van der Waals surface area contributed by atoms with Gasteiger partial charge in [0.05, 0.1) is 5.25 Å². The fourth-order valence-corrected chi connectivity index (χ4v) is 1.91. The van der Waals surface area contributed by atoms with Crippen molar-refractivity contribution < 1.29 is 4.79 Å². The second-order valence-electron chi connectivity index (χ2n) is 3.47. The molecule has 0 saturated carbocycles. The van der Waals surface area contributed by atoms with E-state index in [0.717, 1.165) is 19.5 Å². The molecule has 2 atom stereocenters. The summed E-state index contributed by atoms with van der Waals surface area (Å²) in [5, 5.41) is 3.35. The van der Waals surface area contributed by atoms with E-state index >= 15 is 0 Å². The number of rotatable bonds is 3. The minimum absolute atomic E-state index is 0. The summed E-state index contributed by atoms with van der Waals surface area (Å²) in [5.74, 6) is 0.251. The Labute approximate surface area is 96.4 Å². The van der Waals surface area contributed by atoms with Crippen molar-refractivity contribution >= 4 is 30.1 Å². The van der Waals surface area contributed by atoms with Gasteiger partial charge in [0, 0.05) is 19.6 Å². The summed E-state index contributed by atoms with van der Waals surface area (Å²) in [7, 11) is 1.91. The van der Waals surface area contributed by atoms with Gasteiger partial charge in [0.15, 0.2) is 0 Å². The smallest absolute Gasteiger partial charge is 0.235 e. The van der Waals surface area contributed by atoms with Gasteiger partial charge in [-0.2, -0.15) is 11.8 Å². The molecule has 14 heavy (non-hydrogen) atoms. The van der Waals surface area contributed by atoms with Gasteiger partial charge in [0.1, 0.15) is 0 Å². The lowest BCUT2D eigenvalue weighted by molar-refractivity contribution is -0.130. The molecule has 3 nitrogen and oxygen atoms in total. The number of nitrogens with zero attached hydrogens (tertiary/aromatic N) is 1. The maximum absolute atomic E-state index is 11.7. The van der Waals surface area contributed by atoms with E-state index in [1.54, 1.807) is 11.8 Å². The van der Waals surface area contributed by atoms with Gasteiger partial charge in [-0.15, -0.1) is 12.4 Å². The molecule has 5 heteroatoms. The third kappa shape index (κ3) is 3.33. The predicted octanol–water partition coefficient (Wildman–Crippen LogP) is 0.980. The average Bonchev–Trinajstić information content (AvgIpc) is 2.67. The minimum atomic E-state index is 0. The number of nitrogens with one attached hydrogen (secondary N) is 1. The van der Waals surface area contributed by atoms with E-state index in [2.05, 4.69) is 5.32 Å². The molecule has 1 amide bonds. The van der Waals surface area contributed by atoms with E-state index in [4.69, 9.17) is 0 Å². The lowest BCUT2D eigenvalue weighted by Gasteiger charge is -2.26. The van der Waals surface area contributed by atoms with Crippen molar-refractivity contribution in [1.82, 2.24) is 10.2 Å². The molecule has 0 bridgehead atoms. The van der Waals surface area contributed by atoms with Crippen LogP contribution in [0.15, 0.2) is 0 Å². The Balaban J connectivity index is 0.00000169. The lowest BCUT2D eigenvalue weighted by atomic mass is 10.2. The third-order valence-corrected chi connectivity index (χ3v) is 3.54. The van der Waals surface area contributed by atoms with Crippen molar-refractivity contribution in [3.8, 4) is 0 Å². The van der Waals surface area contributed by atoms with E-state index < -0.39 is 0 Å². The number of hydrogen-bond acceptors (Lipinski definition) is 3. The van der Waals surface area contributed by atoms with Crippen LogP contribution in [0.2, 0.25) is 0 Å². The molecule has 1 N–H and O–H groups in total. The zero-order chi connectivity index (χ0) is 9.84. The van der Waals surface area contributed by atoms with Crippen molar-refractivity contribution in [3.63, 3.8) is 0 Å². The average molecular weight is 239 g/mol. The van der Waals surface area contributed by atoms with Gasteiger partial charge in [-0.1, -0.05) is 0 Å². The molecule has 0 radical (unpaired) electrons. The number of carbonyl (C=O) groups excluding carboxylic acids is 1. The van der Waals surface area contributed by atoms with Gasteiger partial charge < -0.3 is 10.2 Å². The van der Waals surface area contributed by atoms with Crippen LogP contribution >= 0.6 is 24.2 Å². The van der Waals surface area contributed by atoms with Gasteiger partial charge in [-0.3, -0.25) is 4.79 Å². The van der Waals surface area contributed by atoms with E-state index in [0.29, 0.717) is 6.04 Å². The summed E-state index contributed by atoms with van der Waals surface area (Å²) in [4.78, 5) is 13.6. The number of amides is 1. The first kappa shape index (κ1) is 14.1. The Morgan fingerprint density at radius 2 is 2.29 bits per heavy atom. The summed E-state index contributed by atoms with van der Waals surface area (Å²) in [6.45, 7) is 3.95. The van der Waals surface area contributed by atoms with Crippen LogP contribution in [0.4, 0.5) is 0 Å². The highest BCUT2D eigenvalue weighted by Crippen LogP contribution is 2.13. The monoisotopic (exact) mass is 238 g/mol. The van der Waals surface area contributed by atoms with Gasteiger partial charge in [0.25, 0.3) is 0 Å². The highest BCUT2D eigenvalue weighted by Gasteiger charge is 2.25.